The van der Waals surface area contributed by atoms with Gasteiger partial charge in [0.25, 0.3) is 0 Å². The average Bonchev–Trinajstić information content (AvgIpc) is 3.24. The number of aliphatic imine (C=N–C) groups is 1. The van der Waals surface area contributed by atoms with E-state index in [9.17, 15) is 9.59 Å². The number of nitrogens with one attached hydrogen (secondary N) is 2. The molecule has 0 unspecified atom stereocenters. The van der Waals surface area contributed by atoms with Crippen LogP contribution in [0.3, 0.4) is 0 Å². The van der Waals surface area contributed by atoms with Crippen LogP contribution in [-0.4, -0.2) is 67.0 Å². The molecule has 128 valence electrons. The van der Waals surface area contributed by atoms with Gasteiger partial charge in [0.2, 0.25) is 5.91 Å². The third kappa shape index (κ3) is 3.43. The smallest absolute Gasteiger partial charge is 0.324 e. The van der Waals surface area contributed by atoms with Crippen LogP contribution in [0, 0.1) is 5.41 Å². The summed E-state index contributed by atoms with van der Waals surface area (Å²) < 4.78 is 0. The molecule has 3 fully saturated rings. The zero-order valence-corrected chi connectivity index (χ0v) is 13.9. The van der Waals surface area contributed by atoms with E-state index in [1.165, 1.54) is 37.0 Å². The van der Waals surface area contributed by atoms with E-state index in [0.717, 1.165) is 25.6 Å². The lowest BCUT2D eigenvalue weighted by Gasteiger charge is -2.26. The van der Waals surface area contributed by atoms with E-state index in [2.05, 4.69) is 27.4 Å². The number of nitrogens with zero attached hydrogens (tertiary/aromatic N) is 3. The Balaban J connectivity index is 1.57. The third-order valence-corrected chi connectivity index (χ3v) is 5.26. The number of carbonyl (C=O) groups is 2. The van der Waals surface area contributed by atoms with Crippen molar-refractivity contribution >= 4 is 17.9 Å². The second-order valence-corrected chi connectivity index (χ2v) is 6.82. The van der Waals surface area contributed by atoms with Crippen LogP contribution in [-0.2, 0) is 4.79 Å². The second kappa shape index (κ2) is 6.76. The van der Waals surface area contributed by atoms with Gasteiger partial charge in [0.15, 0.2) is 5.96 Å². The molecule has 7 nitrogen and oxygen atoms in total. The van der Waals surface area contributed by atoms with Crippen LogP contribution in [0.5, 0.6) is 0 Å². The van der Waals surface area contributed by atoms with Gasteiger partial charge >= 0.3 is 6.03 Å². The molecule has 3 rings (SSSR count). The summed E-state index contributed by atoms with van der Waals surface area (Å²) in [5.41, 5.74) is 0.501. The highest BCUT2D eigenvalue weighted by Gasteiger charge is 2.41. The first-order valence-corrected chi connectivity index (χ1v) is 8.75. The van der Waals surface area contributed by atoms with Crippen molar-refractivity contribution in [3.8, 4) is 0 Å². The fraction of sp³-hybridized carbons (Fsp3) is 0.812. The molecule has 23 heavy (non-hydrogen) atoms. The van der Waals surface area contributed by atoms with E-state index < -0.39 is 0 Å². The molecule has 0 atom stereocenters. The fourth-order valence-corrected chi connectivity index (χ4v) is 4.01. The quantitative estimate of drug-likeness (QED) is 0.455. The molecule has 0 radical (unpaired) electrons. The summed E-state index contributed by atoms with van der Waals surface area (Å²) in [6, 6.07) is -0.304. The maximum absolute atomic E-state index is 11.6. The van der Waals surface area contributed by atoms with E-state index in [1.54, 1.807) is 0 Å². The highest BCUT2D eigenvalue weighted by Crippen LogP contribution is 2.45. The number of amides is 3. The molecule has 0 aromatic carbocycles. The first kappa shape index (κ1) is 16.1. The minimum Gasteiger partial charge on any atom is -0.357 e. The van der Waals surface area contributed by atoms with E-state index in [-0.39, 0.29) is 18.5 Å². The van der Waals surface area contributed by atoms with Crippen LogP contribution >= 0.6 is 0 Å². The van der Waals surface area contributed by atoms with Crippen LogP contribution < -0.4 is 10.6 Å². The van der Waals surface area contributed by atoms with Crippen molar-refractivity contribution in [1.29, 1.82) is 0 Å². The Morgan fingerprint density at radius 1 is 1.30 bits per heavy atom. The summed E-state index contributed by atoms with van der Waals surface area (Å²) in [6.07, 6.45) is 6.64. The molecule has 3 amide bonds. The molecular formula is C16H27N5O2. The average molecular weight is 321 g/mol. The SMILES string of the molecule is CCNC(=NCCN1C(=O)CNC1=O)N1CCC2(CCCC2)C1. The summed E-state index contributed by atoms with van der Waals surface area (Å²) >= 11 is 0. The highest BCUT2D eigenvalue weighted by atomic mass is 16.2. The van der Waals surface area contributed by atoms with Gasteiger partial charge in [-0.3, -0.25) is 14.7 Å². The zero-order chi connectivity index (χ0) is 16.3. The monoisotopic (exact) mass is 321 g/mol. The maximum Gasteiger partial charge on any atom is 0.324 e. The van der Waals surface area contributed by atoms with Crippen LogP contribution in [0.4, 0.5) is 4.79 Å². The summed E-state index contributed by atoms with van der Waals surface area (Å²) in [4.78, 5) is 31.3. The number of imide groups is 1. The van der Waals surface area contributed by atoms with Gasteiger partial charge in [0.05, 0.1) is 19.6 Å². The molecule has 3 aliphatic rings. The minimum absolute atomic E-state index is 0.108. The molecule has 2 heterocycles. The first-order valence-electron chi connectivity index (χ1n) is 8.75. The molecule has 2 saturated heterocycles. The van der Waals surface area contributed by atoms with E-state index in [4.69, 9.17) is 0 Å². The minimum atomic E-state index is -0.304. The van der Waals surface area contributed by atoms with Crippen LogP contribution in [0.1, 0.15) is 39.0 Å². The fourth-order valence-electron chi connectivity index (χ4n) is 4.01. The van der Waals surface area contributed by atoms with Gasteiger partial charge in [-0.15, -0.1) is 0 Å². The Bertz CT molecular complexity index is 483. The molecule has 7 heteroatoms. The second-order valence-electron chi connectivity index (χ2n) is 6.82. The molecule has 2 aliphatic heterocycles. The van der Waals surface area contributed by atoms with Crippen molar-refractivity contribution in [3.63, 3.8) is 0 Å². The Kier molecular flexibility index (Phi) is 4.73. The predicted molar refractivity (Wildman–Crippen MR) is 88.2 cm³/mol. The molecule has 0 aromatic heterocycles. The lowest BCUT2D eigenvalue weighted by molar-refractivity contribution is -0.124. The van der Waals surface area contributed by atoms with Crippen molar-refractivity contribution in [2.45, 2.75) is 39.0 Å². The Morgan fingerprint density at radius 3 is 2.74 bits per heavy atom. The standard InChI is InChI=1S/C16H27N5O2/c1-2-17-14(18-8-10-21-13(22)11-19-15(21)23)20-9-7-16(12-20)5-3-4-6-16/h2-12H2,1H3,(H,17,18)(H,19,23). The van der Waals surface area contributed by atoms with Crippen molar-refractivity contribution in [2.24, 2.45) is 10.4 Å². The van der Waals surface area contributed by atoms with Gasteiger partial charge in [0.1, 0.15) is 0 Å². The van der Waals surface area contributed by atoms with E-state index in [1.807, 2.05) is 0 Å². The Labute approximate surface area is 137 Å². The number of rotatable bonds is 4. The van der Waals surface area contributed by atoms with E-state index in [0.29, 0.717) is 18.5 Å². The lowest BCUT2D eigenvalue weighted by atomic mass is 9.86. The molecule has 1 saturated carbocycles. The van der Waals surface area contributed by atoms with Crippen molar-refractivity contribution in [3.05, 3.63) is 0 Å². The molecule has 1 aliphatic carbocycles. The first-order chi connectivity index (χ1) is 11.1. The van der Waals surface area contributed by atoms with Crippen LogP contribution in [0.2, 0.25) is 0 Å². The summed E-state index contributed by atoms with van der Waals surface area (Å²) in [5.74, 6) is 0.754. The van der Waals surface area contributed by atoms with Crippen molar-refractivity contribution in [1.82, 2.24) is 20.4 Å². The van der Waals surface area contributed by atoms with Gasteiger partial charge in [-0.25, -0.2) is 4.79 Å². The largest absolute Gasteiger partial charge is 0.357 e. The van der Waals surface area contributed by atoms with Gasteiger partial charge in [-0.2, -0.15) is 0 Å². The maximum atomic E-state index is 11.6. The number of hydrogen-bond donors (Lipinski definition) is 2. The summed E-state index contributed by atoms with van der Waals surface area (Å²) in [6.45, 7) is 5.93. The normalized spacial score (nSPS) is 24.0. The number of hydrogen-bond acceptors (Lipinski definition) is 3. The molecule has 0 aromatic rings. The lowest BCUT2D eigenvalue weighted by Crippen LogP contribution is -2.42. The Morgan fingerprint density at radius 2 is 2.09 bits per heavy atom. The molecule has 0 bridgehead atoms. The summed E-state index contributed by atoms with van der Waals surface area (Å²) in [7, 11) is 0. The number of guanidine groups is 1. The van der Waals surface area contributed by atoms with Gasteiger partial charge in [-0.1, -0.05) is 12.8 Å². The topological polar surface area (TPSA) is 77.0 Å². The Hall–Kier alpha value is -1.79. The van der Waals surface area contributed by atoms with E-state index >= 15 is 0 Å². The molecule has 2 N–H and O–H groups in total. The summed E-state index contributed by atoms with van der Waals surface area (Å²) in [5, 5.41) is 5.88. The van der Waals surface area contributed by atoms with Crippen molar-refractivity contribution < 1.29 is 9.59 Å². The predicted octanol–water partition coefficient (Wildman–Crippen LogP) is 0.770. The van der Waals surface area contributed by atoms with Crippen molar-refractivity contribution in [2.75, 3.05) is 39.3 Å². The number of urea groups is 1. The number of carbonyl (C=O) groups excluding carboxylic acids is 2. The van der Waals surface area contributed by atoms with Gasteiger partial charge in [0, 0.05) is 19.6 Å². The molecular weight excluding hydrogens is 294 g/mol. The zero-order valence-electron chi connectivity index (χ0n) is 13.9. The van der Waals surface area contributed by atoms with Gasteiger partial charge in [-0.05, 0) is 31.6 Å². The van der Waals surface area contributed by atoms with Crippen LogP contribution in [0.25, 0.3) is 0 Å². The number of likely N-dealkylation sites (tertiary alicyclic amines) is 1. The van der Waals surface area contributed by atoms with Crippen LogP contribution in [0.15, 0.2) is 4.99 Å². The third-order valence-electron chi connectivity index (χ3n) is 5.26. The highest BCUT2D eigenvalue weighted by molar-refractivity contribution is 6.01. The van der Waals surface area contributed by atoms with Gasteiger partial charge < -0.3 is 15.5 Å². The molecule has 1 spiro atoms.